The van der Waals surface area contributed by atoms with Crippen molar-refractivity contribution in [3.63, 3.8) is 0 Å². The van der Waals surface area contributed by atoms with Gasteiger partial charge in [0.15, 0.2) is 15.5 Å². The third-order valence-electron chi connectivity index (χ3n) is 10.3. The van der Waals surface area contributed by atoms with Crippen molar-refractivity contribution < 1.29 is 51.7 Å². The Bertz CT molecular complexity index is 1890. The van der Waals surface area contributed by atoms with Crippen LogP contribution < -0.4 is 15.4 Å². The highest BCUT2D eigenvalue weighted by Gasteiger charge is 2.62. The van der Waals surface area contributed by atoms with E-state index in [0.29, 0.717) is 19.3 Å². The van der Waals surface area contributed by atoms with Crippen molar-refractivity contribution in [2.75, 3.05) is 19.9 Å². The fraction of sp³-hybridized carbons (Fsp3) is 0.556. The Labute approximate surface area is 301 Å². The van der Waals surface area contributed by atoms with Gasteiger partial charge in [0, 0.05) is 30.0 Å². The lowest BCUT2D eigenvalue weighted by Gasteiger charge is -2.29. The highest BCUT2D eigenvalue weighted by Crippen LogP contribution is 2.46. The molecule has 6 rings (SSSR count). The summed E-state index contributed by atoms with van der Waals surface area (Å²) in [5, 5.41) is 15.7. The van der Waals surface area contributed by atoms with Crippen molar-refractivity contribution in [1.82, 2.24) is 20.5 Å². The summed E-state index contributed by atoms with van der Waals surface area (Å²) >= 11 is 0. The number of allylic oxidation sites excluding steroid dienone is 1. The van der Waals surface area contributed by atoms with Gasteiger partial charge in [-0.1, -0.05) is 31.1 Å². The van der Waals surface area contributed by atoms with Gasteiger partial charge in [-0.15, -0.1) is 0 Å². The van der Waals surface area contributed by atoms with Crippen LogP contribution in [-0.4, -0.2) is 103 Å². The molecule has 1 aromatic carbocycles. The number of rotatable bonds is 7. The van der Waals surface area contributed by atoms with Crippen LogP contribution in [0.25, 0.3) is 10.9 Å². The van der Waals surface area contributed by atoms with E-state index in [-0.39, 0.29) is 46.5 Å². The van der Waals surface area contributed by atoms with Gasteiger partial charge in [-0.05, 0) is 63.5 Å². The molecule has 2 aliphatic carbocycles. The van der Waals surface area contributed by atoms with Gasteiger partial charge in [0.05, 0.1) is 24.1 Å². The van der Waals surface area contributed by atoms with Gasteiger partial charge in [-0.2, -0.15) is 0 Å². The molecule has 1 aromatic heterocycles. The minimum atomic E-state index is -3.82. The van der Waals surface area contributed by atoms with E-state index >= 15 is 0 Å². The Hall–Kier alpha value is -4.73. The number of esters is 1. The second-order valence-electron chi connectivity index (χ2n) is 14.1. The number of amides is 3. The highest BCUT2D eigenvalue weighted by molar-refractivity contribution is 7.91. The number of aromatic carboxylic acids is 1. The van der Waals surface area contributed by atoms with Gasteiger partial charge >= 0.3 is 18.0 Å². The quantitative estimate of drug-likeness (QED) is 0.276. The Morgan fingerprint density at radius 1 is 1.06 bits per heavy atom. The largest absolute Gasteiger partial charge is 0.488 e. The maximum atomic E-state index is 14.4. The first-order chi connectivity index (χ1) is 24.8. The highest BCUT2D eigenvalue weighted by atomic mass is 32.2. The van der Waals surface area contributed by atoms with Crippen LogP contribution in [0.4, 0.5) is 4.79 Å². The standard InChI is InChI=1S/C36H44N4O11S/c1-49-34(45)36-19-21(36)11-6-4-3-5-7-15-25(38-35(46)51-22-12-8-9-13-22)32(42)40-20-23(17-27(40)31(41)39-36)50-28-18-26(33(43)44)37-30-24(28)14-10-16-29(30)52(2,47)48/h6,10-11,14,16,18,21-23,25,27H,3-5,7-9,12-13,15,17,19-20H2,1-2H3,(H,38,46)(H,39,41)(H,43,44)/b11-6-/t21?,23-,25+,27+,36-/m1/s1. The topological polar surface area (TPSA) is 208 Å². The molecule has 0 bridgehead atoms. The van der Waals surface area contributed by atoms with Crippen molar-refractivity contribution in [3.8, 4) is 5.75 Å². The number of sulfone groups is 1. The molecule has 3 heterocycles. The number of aromatic nitrogens is 1. The SMILES string of the molecule is COC(=O)[C@@]12CC1/C=C\CCCCC[C@H](NC(=O)OC1CCCC1)C(=O)N1C[C@H](Oc3cc(C(=O)O)nc4c(S(C)(=O)=O)cccc34)C[C@H]1C(=O)N2. The molecule has 52 heavy (non-hydrogen) atoms. The number of alkyl carbamates (subject to hydrolysis) is 1. The number of benzene rings is 1. The third kappa shape index (κ3) is 7.86. The van der Waals surface area contributed by atoms with Crippen molar-refractivity contribution in [1.29, 1.82) is 0 Å². The normalized spacial score (nSPS) is 27.7. The molecule has 5 atom stereocenters. The number of carboxylic acid groups (broad SMARTS) is 1. The van der Waals surface area contributed by atoms with Crippen LogP contribution in [0.2, 0.25) is 0 Å². The number of hydrogen-bond acceptors (Lipinski definition) is 11. The van der Waals surface area contributed by atoms with Crippen molar-refractivity contribution in [2.24, 2.45) is 5.92 Å². The van der Waals surface area contributed by atoms with E-state index in [1.54, 1.807) is 6.07 Å². The molecule has 2 saturated carbocycles. The third-order valence-corrected chi connectivity index (χ3v) is 11.5. The summed E-state index contributed by atoms with van der Waals surface area (Å²) in [6.45, 7) is -0.140. The number of nitrogens with one attached hydrogen (secondary N) is 2. The average molecular weight is 741 g/mol. The van der Waals surface area contributed by atoms with E-state index in [2.05, 4.69) is 15.6 Å². The maximum absolute atomic E-state index is 14.4. The summed E-state index contributed by atoms with van der Waals surface area (Å²) in [5.74, 6) is -3.47. The minimum Gasteiger partial charge on any atom is -0.488 e. The number of ether oxygens (including phenoxy) is 3. The second-order valence-corrected chi connectivity index (χ2v) is 16.0. The van der Waals surface area contributed by atoms with Crippen LogP contribution in [-0.2, 0) is 33.7 Å². The van der Waals surface area contributed by atoms with Crippen molar-refractivity contribution in [3.05, 3.63) is 42.1 Å². The number of carbonyl (C=O) groups excluding carboxylic acids is 4. The van der Waals surface area contributed by atoms with Gasteiger partial charge in [-0.25, -0.2) is 27.8 Å². The molecular weight excluding hydrogens is 696 g/mol. The smallest absolute Gasteiger partial charge is 0.408 e. The van der Waals surface area contributed by atoms with Gasteiger partial charge in [-0.3, -0.25) is 9.59 Å². The number of pyridine rings is 1. The fourth-order valence-corrected chi connectivity index (χ4v) is 8.36. The zero-order valence-electron chi connectivity index (χ0n) is 29.2. The Morgan fingerprint density at radius 2 is 1.81 bits per heavy atom. The molecule has 4 aliphatic rings. The van der Waals surface area contributed by atoms with Crippen molar-refractivity contribution >= 4 is 50.6 Å². The molecule has 2 aliphatic heterocycles. The zero-order valence-corrected chi connectivity index (χ0v) is 30.0. The van der Waals surface area contributed by atoms with Crippen LogP contribution in [0.15, 0.2) is 41.3 Å². The molecule has 0 spiro atoms. The predicted molar refractivity (Wildman–Crippen MR) is 185 cm³/mol. The first-order valence-corrected chi connectivity index (χ1v) is 19.6. The number of nitrogens with zero attached hydrogens (tertiary/aromatic N) is 2. The zero-order chi connectivity index (χ0) is 37.2. The molecule has 2 aromatic rings. The molecule has 3 amide bonds. The van der Waals surface area contributed by atoms with E-state index in [9.17, 15) is 37.5 Å². The van der Waals surface area contributed by atoms with Gasteiger partial charge in [0.25, 0.3) is 0 Å². The Kier molecular flexibility index (Phi) is 10.7. The number of carbonyl (C=O) groups is 5. The molecule has 0 radical (unpaired) electrons. The summed E-state index contributed by atoms with van der Waals surface area (Å²) in [5.41, 5.74) is -1.86. The summed E-state index contributed by atoms with van der Waals surface area (Å²) in [4.78, 5) is 71.9. The monoisotopic (exact) mass is 740 g/mol. The summed E-state index contributed by atoms with van der Waals surface area (Å²) in [6, 6.07) is 3.34. The van der Waals surface area contributed by atoms with Crippen LogP contribution in [0.3, 0.4) is 0 Å². The lowest BCUT2D eigenvalue weighted by Crippen LogP contribution is -2.56. The first kappa shape index (κ1) is 37.0. The van der Waals surface area contributed by atoms with Crippen LogP contribution in [0.5, 0.6) is 5.75 Å². The van der Waals surface area contributed by atoms with Crippen LogP contribution >= 0.6 is 0 Å². The minimum absolute atomic E-state index is 0.00161. The number of para-hydroxylation sites is 1. The predicted octanol–water partition coefficient (Wildman–Crippen LogP) is 3.29. The number of fused-ring (bicyclic) bond motifs is 3. The van der Waals surface area contributed by atoms with E-state index in [4.69, 9.17) is 14.2 Å². The Morgan fingerprint density at radius 3 is 2.52 bits per heavy atom. The second kappa shape index (κ2) is 15.1. The van der Waals surface area contributed by atoms with Crippen molar-refractivity contribution in [2.45, 2.75) is 105 Å². The molecule has 3 fully saturated rings. The van der Waals surface area contributed by atoms with E-state index < -0.39 is 69.1 Å². The van der Waals surface area contributed by atoms with Crippen LogP contribution in [0, 0.1) is 5.92 Å². The summed E-state index contributed by atoms with van der Waals surface area (Å²) in [6.07, 6.45) is 9.91. The van der Waals surface area contributed by atoms with E-state index in [0.717, 1.165) is 51.2 Å². The van der Waals surface area contributed by atoms with Gasteiger partial charge < -0.3 is 34.9 Å². The summed E-state index contributed by atoms with van der Waals surface area (Å²) < 4.78 is 42.2. The molecule has 16 heteroatoms. The average Bonchev–Trinajstić information content (AvgIpc) is 3.38. The molecule has 1 saturated heterocycles. The number of methoxy groups -OCH3 is 1. The van der Waals surface area contributed by atoms with Gasteiger partial charge in [0.1, 0.15) is 35.6 Å². The maximum Gasteiger partial charge on any atom is 0.408 e. The molecule has 3 N–H and O–H groups in total. The number of hydrogen-bond donors (Lipinski definition) is 3. The fourth-order valence-electron chi connectivity index (χ4n) is 7.53. The lowest BCUT2D eigenvalue weighted by atomic mass is 10.0. The molecule has 15 nitrogen and oxygen atoms in total. The summed E-state index contributed by atoms with van der Waals surface area (Å²) in [7, 11) is -2.58. The van der Waals surface area contributed by atoms with E-state index in [1.165, 1.54) is 30.2 Å². The lowest BCUT2D eigenvalue weighted by molar-refractivity contribution is -0.148. The Balaban J connectivity index is 1.34. The van der Waals surface area contributed by atoms with Crippen LogP contribution in [0.1, 0.15) is 81.1 Å². The number of carboxylic acids is 1. The molecule has 1 unspecified atom stereocenters. The first-order valence-electron chi connectivity index (χ1n) is 17.7. The van der Waals surface area contributed by atoms with E-state index in [1.807, 2.05) is 12.2 Å². The molecule has 280 valence electrons. The van der Waals surface area contributed by atoms with Gasteiger partial charge in [0.2, 0.25) is 11.8 Å². The molecular formula is C36H44N4O11S.